The number of halogens is 3. The molecule has 14 heavy (non-hydrogen) atoms. The summed E-state index contributed by atoms with van der Waals surface area (Å²) in [6.45, 7) is 2.91. The SMILES string of the molecule is C[As]c1c(C)nnc(C)c1C(F)(F)F. The van der Waals surface area contributed by atoms with Gasteiger partial charge in [-0.05, 0) is 0 Å². The average Bonchev–Trinajstić information content (AvgIpc) is 2.06. The normalized spacial score (nSPS) is 12.7. The molecule has 0 atom stereocenters. The van der Waals surface area contributed by atoms with E-state index in [1.807, 2.05) is 0 Å². The molecule has 2 nitrogen and oxygen atoms in total. The van der Waals surface area contributed by atoms with Gasteiger partial charge in [0.25, 0.3) is 0 Å². The number of hydrogen-bond donors (Lipinski definition) is 0. The fourth-order valence-corrected chi connectivity index (χ4v) is 3.06. The van der Waals surface area contributed by atoms with Crippen molar-refractivity contribution in [1.82, 2.24) is 10.2 Å². The van der Waals surface area contributed by atoms with Crippen LogP contribution < -0.4 is 4.35 Å². The predicted octanol–water partition coefficient (Wildman–Crippen LogP) is 1.49. The summed E-state index contributed by atoms with van der Waals surface area (Å²) in [6, 6.07) is 0. The van der Waals surface area contributed by atoms with Crippen LogP contribution in [-0.2, 0) is 6.18 Å². The van der Waals surface area contributed by atoms with Gasteiger partial charge in [0.1, 0.15) is 0 Å². The Hall–Kier alpha value is -0.572. The predicted molar refractivity (Wildman–Crippen MR) is 47.8 cm³/mol. The molecule has 0 bridgehead atoms. The first kappa shape index (κ1) is 11.5. The van der Waals surface area contributed by atoms with Gasteiger partial charge in [0.05, 0.1) is 0 Å². The molecule has 1 radical (unpaired) electrons. The topological polar surface area (TPSA) is 25.8 Å². The minimum atomic E-state index is -4.31. The van der Waals surface area contributed by atoms with E-state index in [0.717, 1.165) is 0 Å². The van der Waals surface area contributed by atoms with Gasteiger partial charge >= 0.3 is 86.2 Å². The third-order valence-corrected chi connectivity index (χ3v) is 3.88. The van der Waals surface area contributed by atoms with Crippen molar-refractivity contribution in [2.45, 2.75) is 25.7 Å². The summed E-state index contributed by atoms with van der Waals surface area (Å²) in [4.78, 5) is 0. The Kier molecular flexibility index (Phi) is 3.20. The Morgan fingerprint density at radius 3 is 1.93 bits per heavy atom. The zero-order valence-electron chi connectivity index (χ0n) is 7.98. The zero-order valence-corrected chi connectivity index (χ0v) is 9.85. The number of aromatic nitrogens is 2. The third kappa shape index (κ3) is 2.08. The number of rotatable bonds is 1. The molecule has 1 aromatic rings. The van der Waals surface area contributed by atoms with E-state index in [9.17, 15) is 13.2 Å². The van der Waals surface area contributed by atoms with Gasteiger partial charge in [-0.25, -0.2) is 0 Å². The van der Waals surface area contributed by atoms with E-state index in [1.165, 1.54) is 6.92 Å². The molecule has 1 heterocycles. The first-order valence-electron chi connectivity index (χ1n) is 3.88. The summed E-state index contributed by atoms with van der Waals surface area (Å²) in [7, 11) is 0. The monoisotopic (exact) mass is 265 g/mol. The molecule has 0 amide bonds. The van der Waals surface area contributed by atoms with E-state index in [2.05, 4.69) is 10.2 Å². The quantitative estimate of drug-likeness (QED) is 0.719. The van der Waals surface area contributed by atoms with E-state index in [-0.39, 0.29) is 5.69 Å². The molecule has 0 N–H and O–H groups in total. The van der Waals surface area contributed by atoms with Crippen LogP contribution in [0.25, 0.3) is 0 Å². The molecular weight excluding hydrogens is 256 g/mol. The maximum absolute atomic E-state index is 12.6. The fourth-order valence-electron chi connectivity index (χ4n) is 1.21. The van der Waals surface area contributed by atoms with Crippen molar-refractivity contribution in [3.8, 4) is 0 Å². The van der Waals surface area contributed by atoms with Gasteiger partial charge < -0.3 is 0 Å². The number of hydrogen-bond acceptors (Lipinski definition) is 2. The number of alkyl halides is 3. The Labute approximate surface area is 86.6 Å². The molecule has 0 spiro atoms. The van der Waals surface area contributed by atoms with E-state index in [4.69, 9.17) is 0 Å². The van der Waals surface area contributed by atoms with Crippen molar-refractivity contribution in [3.63, 3.8) is 0 Å². The standard InChI is InChI=1S/C8H9AsF3N2/c1-4-6(8(10,11)12)7(9-3)5(2)14-13-4/h1-3H3. The fraction of sp³-hybridized carbons (Fsp3) is 0.500. The second kappa shape index (κ2) is 3.89. The van der Waals surface area contributed by atoms with Gasteiger partial charge in [0.2, 0.25) is 0 Å². The number of aryl methyl sites for hydroxylation is 2. The second-order valence-electron chi connectivity index (χ2n) is 2.82. The molecule has 0 unspecified atom stereocenters. The first-order valence-corrected chi connectivity index (χ1v) is 6.70. The average molecular weight is 265 g/mol. The number of nitrogens with zero attached hydrogens (tertiary/aromatic N) is 2. The van der Waals surface area contributed by atoms with Gasteiger partial charge in [-0.3, -0.25) is 0 Å². The Bertz CT molecular complexity index is 349. The van der Waals surface area contributed by atoms with Crippen LogP contribution in [0.5, 0.6) is 0 Å². The molecule has 0 fully saturated rings. The molecular formula is C8H9AsF3N2. The van der Waals surface area contributed by atoms with Crippen molar-refractivity contribution in [2.75, 3.05) is 0 Å². The molecule has 1 rings (SSSR count). The van der Waals surface area contributed by atoms with Gasteiger partial charge in [0.15, 0.2) is 0 Å². The van der Waals surface area contributed by atoms with Crippen molar-refractivity contribution in [1.29, 1.82) is 0 Å². The third-order valence-electron chi connectivity index (χ3n) is 1.80. The first-order chi connectivity index (χ1) is 6.38. The van der Waals surface area contributed by atoms with Crippen LogP contribution in [-0.4, -0.2) is 25.9 Å². The van der Waals surface area contributed by atoms with Crippen LogP contribution in [0.1, 0.15) is 17.0 Å². The van der Waals surface area contributed by atoms with E-state index >= 15 is 0 Å². The molecule has 0 saturated carbocycles. The van der Waals surface area contributed by atoms with Gasteiger partial charge in [-0.1, -0.05) is 0 Å². The van der Waals surface area contributed by atoms with E-state index in [1.54, 1.807) is 12.6 Å². The molecule has 0 aliphatic carbocycles. The maximum atomic E-state index is 12.6. The van der Waals surface area contributed by atoms with Crippen LogP contribution in [0.3, 0.4) is 0 Å². The second-order valence-corrected chi connectivity index (χ2v) is 4.69. The Balaban J connectivity index is 3.46. The van der Waals surface area contributed by atoms with E-state index in [0.29, 0.717) is 10.0 Å². The molecule has 77 valence electrons. The summed E-state index contributed by atoms with van der Waals surface area (Å²) in [5.74, 6) is 0. The van der Waals surface area contributed by atoms with Crippen LogP contribution in [0.4, 0.5) is 13.2 Å². The van der Waals surface area contributed by atoms with Gasteiger partial charge in [-0.15, -0.1) is 0 Å². The molecule has 0 aliphatic rings. The van der Waals surface area contributed by atoms with Crippen LogP contribution in [0.2, 0.25) is 5.71 Å². The Morgan fingerprint density at radius 1 is 1.07 bits per heavy atom. The molecule has 6 heteroatoms. The van der Waals surface area contributed by atoms with Crippen molar-refractivity contribution < 1.29 is 13.2 Å². The minimum absolute atomic E-state index is 0.0322. The Morgan fingerprint density at radius 2 is 1.57 bits per heavy atom. The van der Waals surface area contributed by atoms with Gasteiger partial charge in [0, 0.05) is 0 Å². The van der Waals surface area contributed by atoms with Crippen molar-refractivity contribution in [2.24, 2.45) is 0 Å². The van der Waals surface area contributed by atoms with E-state index < -0.39 is 27.5 Å². The van der Waals surface area contributed by atoms with Crippen LogP contribution >= 0.6 is 0 Å². The van der Waals surface area contributed by atoms with Crippen LogP contribution in [0.15, 0.2) is 0 Å². The van der Waals surface area contributed by atoms with Gasteiger partial charge in [-0.2, -0.15) is 0 Å². The summed E-state index contributed by atoms with van der Waals surface area (Å²) < 4.78 is 38.2. The molecule has 0 saturated heterocycles. The molecule has 0 aromatic carbocycles. The summed E-state index contributed by atoms with van der Waals surface area (Å²) in [6.07, 6.45) is -4.31. The van der Waals surface area contributed by atoms with Crippen molar-refractivity contribution >= 4 is 20.1 Å². The summed E-state index contributed by atoms with van der Waals surface area (Å²) in [5.41, 5.74) is 1.54. The molecule has 0 aliphatic heterocycles. The van der Waals surface area contributed by atoms with Crippen LogP contribution in [0, 0.1) is 13.8 Å². The zero-order chi connectivity index (χ0) is 10.9. The summed E-state index contributed by atoms with van der Waals surface area (Å²) in [5, 5.41) is 7.20. The molecule has 1 aromatic heterocycles. The van der Waals surface area contributed by atoms with Crippen molar-refractivity contribution in [3.05, 3.63) is 17.0 Å². The summed E-state index contributed by atoms with van der Waals surface area (Å²) >= 11 is -0.498.